The topological polar surface area (TPSA) is 72.2 Å². The Bertz CT molecular complexity index is 691. The van der Waals surface area contributed by atoms with Gasteiger partial charge in [0.2, 0.25) is 10.0 Å². The molecular formula is C12H15BrN2O2S3. The van der Waals surface area contributed by atoms with Gasteiger partial charge in [0.15, 0.2) is 0 Å². The minimum Gasteiger partial charge on any atom is -0.326 e. The smallest absolute Gasteiger partial charge is 0.250 e. The summed E-state index contributed by atoms with van der Waals surface area (Å²) in [5.41, 5.74) is 6.51. The van der Waals surface area contributed by atoms with Crippen LogP contribution in [0.5, 0.6) is 0 Å². The van der Waals surface area contributed by atoms with Crippen molar-refractivity contribution in [3.05, 3.63) is 37.3 Å². The molecule has 110 valence electrons. The molecule has 0 atom stereocenters. The molecule has 0 saturated heterocycles. The van der Waals surface area contributed by atoms with Crippen LogP contribution in [0.15, 0.2) is 26.2 Å². The molecule has 0 unspecified atom stereocenters. The molecule has 2 aromatic heterocycles. The maximum Gasteiger partial charge on any atom is 0.250 e. The van der Waals surface area contributed by atoms with Crippen LogP contribution in [0.3, 0.4) is 0 Å². The number of sulfonamides is 1. The van der Waals surface area contributed by atoms with E-state index in [0.29, 0.717) is 23.7 Å². The van der Waals surface area contributed by atoms with Gasteiger partial charge in [0.05, 0.1) is 3.79 Å². The van der Waals surface area contributed by atoms with E-state index in [1.54, 1.807) is 17.4 Å². The van der Waals surface area contributed by atoms with Gasteiger partial charge < -0.3 is 5.73 Å². The van der Waals surface area contributed by atoms with E-state index in [4.69, 9.17) is 5.73 Å². The van der Waals surface area contributed by atoms with Crippen LogP contribution >= 0.6 is 38.6 Å². The van der Waals surface area contributed by atoms with Crippen LogP contribution in [-0.2, 0) is 23.0 Å². The molecule has 0 radical (unpaired) electrons. The average molecular weight is 395 g/mol. The summed E-state index contributed by atoms with van der Waals surface area (Å²) in [6.07, 6.45) is 0.684. The summed E-state index contributed by atoms with van der Waals surface area (Å²) in [5, 5.41) is 0. The lowest BCUT2D eigenvalue weighted by Gasteiger charge is -2.03. The molecule has 0 aliphatic carbocycles. The summed E-state index contributed by atoms with van der Waals surface area (Å²) in [4.78, 5) is 2.05. The Kier molecular flexibility index (Phi) is 5.38. The van der Waals surface area contributed by atoms with Crippen molar-refractivity contribution < 1.29 is 8.42 Å². The number of aryl methyl sites for hydroxylation is 1. The molecule has 8 heteroatoms. The minimum absolute atomic E-state index is 0.336. The number of hydrogen-bond acceptors (Lipinski definition) is 5. The van der Waals surface area contributed by atoms with Crippen LogP contribution in [0.4, 0.5) is 0 Å². The van der Waals surface area contributed by atoms with Crippen LogP contribution in [0.1, 0.15) is 15.3 Å². The highest BCUT2D eigenvalue weighted by Gasteiger charge is 2.18. The fourth-order valence-corrected chi connectivity index (χ4v) is 5.72. The molecule has 2 aromatic rings. The van der Waals surface area contributed by atoms with Gasteiger partial charge in [-0.1, -0.05) is 0 Å². The zero-order valence-corrected chi connectivity index (χ0v) is 14.9. The predicted octanol–water partition coefficient (Wildman–Crippen LogP) is 2.86. The normalized spacial score (nSPS) is 11.9. The van der Waals surface area contributed by atoms with Gasteiger partial charge in [0.25, 0.3) is 0 Å². The first-order valence-electron chi connectivity index (χ1n) is 5.95. The summed E-state index contributed by atoms with van der Waals surface area (Å²) in [6.45, 7) is 2.64. The maximum absolute atomic E-state index is 12.2. The Labute approximate surface area is 135 Å². The molecule has 0 amide bonds. The molecule has 3 N–H and O–H groups in total. The zero-order chi connectivity index (χ0) is 14.8. The van der Waals surface area contributed by atoms with Crippen molar-refractivity contribution >= 4 is 48.6 Å². The minimum atomic E-state index is -3.43. The number of nitrogens with two attached hydrogens (primary N) is 1. The Balaban J connectivity index is 2.00. The van der Waals surface area contributed by atoms with Crippen LogP contribution < -0.4 is 10.5 Å². The van der Waals surface area contributed by atoms with Gasteiger partial charge in [-0.05, 0) is 53.0 Å². The van der Waals surface area contributed by atoms with Crippen LogP contribution in [0, 0.1) is 6.92 Å². The quantitative estimate of drug-likeness (QED) is 0.790. The second kappa shape index (κ2) is 6.67. The van der Waals surface area contributed by atoms with Crippen LogP contribution in [0.25, 0.3) is 0 Å². The predicted molar refractivity (Wildman–Crippen MR) is 87.9 cm³/mol. The second-order valence-electron chi connectivity index (χ2n) is 4.23. The van der Waals surface area contributed by atoms with E-state index in [-0.39, 0.29) is 0 Å². The zero-order valence-electron chi connectivity index (χ0n) is 10.8. The summed E-state index contributed by atoms with van der Waals surface area (Å²) in [7, 11) is -3.43. The average Bonchev–Trinajstić information content (AvgIpc) is 2.95. The monoisotopic (exact) mass is 394 g/mol. The Morgan fingerprint density at radius 1 is 1.35 bits per heavy atom. The molecule has 0 saturated carbocycles. The highest BCUT2D eigenvalue weighted by Crippen LogP contribution is 2.26. The molecular weight excluding hydrogens is 380 g/mol. The summed E-state index contributed by atoms with van der Waals surface area (Å²) in [6, 6.07) is 5.63. The third-order valence-corrected chi connectivity index (χ3v) is 7.62. The SMILES string of the molecule is Cc1cc(S(=O)(=O)NCCc2ccc(Br)s2)sc1CN. The van der Waals surface area contributed by atoms with Crippen molar-refractivity contribution in [3.63, 3.8) is 0 Å². The van der Waals surface area contributed by atoms with E-state index in [0.717, 1.165) is 19.1 Å². The Morgan fingerprint density at radius 3 is 2.65 bits per heavy atom. The van der Waals surface area contributed by atoms with Crippen LogP contribution in [0.2, 0.25) is 0 Å². The van der Waals surface area contributed by atoms with Crippen molar-refractivity contribution in [1.29, 1.82) is 0 Å². The van der Waals surface area contributed by atoms with Crippen LogP contribution in [-0.4, -0.2) is 15.0 Å². The number of hydrogen-bond donors (Lipinski definition) is 2. The van der Waals surface area contributed by atoms with E-state index < -0.39 is 10.0 Å². The van der Waals surface area contributed by atoms with E-state index >= 15 is 0 Å². The largest absolute Gasteiger partial charge is 0.326 e. The van der Waals surface area contributed by atoms with Gasteiger partial charge in [-0.25, -0.2) is 13.1 Å². The van der Waals surface area contributed by atoms with Crippen molar-refractivity contribution in [1.82, 2.24) is 4.72 Å². The molecule has 0 aliphatic heterocycles. The second-order valence-corrected chi connectivity index (χ2v) is 9.91. The van der Waals surface area contributed by atoms with Crippen molar-refractivity contribution in [3.8, 4) is 0 Å². The summed E-state index contributed by atoms with van der Waals surface area (Å²) < 4.78 is 28.3. The lowest BCUT2D eigenvalue weighted by atomic mass is 10.3. The highest BCUT2D eigenvalue weighted by molar-refractivity contribution is 9.11. The van der Waals surface area contributed by atoms with E-state index in [1.807, 2.05) is 19.1 Å². The molecule has 2 heterocycles. The number of rotatable bonds is 6. The van der Waals surface area contributed by atoms with Gasteiger partial charge in [-0.15, -0.1) is 22.7 Å². The van der Waals surface area contributed by atoms with Gasteiger partial charge in [0, 0.05) is 22.8 Å². The van der Waals surface area contributed by atoms with E-state index in [1.165, 1.54) is 11.3 Å². The number of halogens is 1. The molecule has 20 heavy (non-hydrogen) atoms. The first kappa shape index (κ1) is 16.1. The highest BCUT2D eigenvalue weighted by atomic mass is 79.9. The summed E-state index contributed by atoms with van der Waals surface area (Å²) in [5.74, 6) is 0. The van der Waals surface area contributed by atoms with Crippen molar-refractivity contribution in [2.45, 2.75) is 24.1 Å². The molecule has 0 aliphatic rings. The molecule has 2 rings (SSSR count). The van der Waals surface area contributed by atoms with E-state index in [9.17, 15) is 8.42 Å². The molecule has 0 fully saturated rings. The fraction of sp³-hybridized carbons (Fsp3) is 0.333. The van der Waals surface area contributed by atoms with Gasteiger partial charge in [0.1, 0.15) is 4.21 Å². The van der Waals surface area contributed by atoms with Crippen molar-refractivity contribution in [2.75, 3.05) is 6.54 Å². The van der Waals surface area contributed by atoms with E-state index in [2.05, 4.69) is 20.7 Å². The third-order valence-electron chi connectivity index (χ3n) is 2.74. The Morgan fingerprint density at radius 2 is 2.10 bits per heavy atom. The first-order valence-corrected chi connectivity index (χ1v) is 9.86. The summed E-state index contributed by atoms with van der Waals surface area (Å²) >= 11 is 6.24. The van der Waals surface area contributed by atoms with Crippen molar-refractivity contribution in [2.24, 2.45) is 5.73 Å². The number of nitrogens with one attached hydrogen (secondary N) is 1. The molecule has 0 bridgehead atoms. The lowest BCUT2D eigenvalue weighted by molar-refractivity contribution is 0.584. The maximum atomic E-state index is 12.2. The molecule has 0 aromatic carbocycles. The first-order chi connectivity index (χ1) is 9.42. The fourth-order valence-electron chi connectivity index (χ4n) is 1.69. The standard InChI is InChI=1S/C12H15BrN2O2S3/c1-8-6-12(19-10(8)7-14)20(16,17)15-5-4-9-2-3-11(13)18-9/h2-3,6,15H,4-5,7,14H2,1H3. The third kappa shape index (κ3) is 3.90. The molecule has 4 nitrogen and oxygen atoms in total. The van der Waals surface area contributed by atoms with Gasteiger partial charge >= 0.3 is 0 Å². The van der Waals surface area contributed by atoms with Gasteiger partial charge in [-0.2, -0.15) is 0 Å². The Hall–Kier alpha value is -0.250. The molecule has 0 spiro atoms. The lowest BCUT2D eigenvalue weighted by Crippen LogP contribution is -2.25. The number of thiophene rings is 2. The van der Waals surface area contributed by atoms with Gasteiger partial charge in [-0.3, -0.25) is 0 Å².